The molecule has 1 fully saturated rings. The van der Waals surface area contributed by atoms with Crippen LogP contribution in [0.15, 0.2) is 48.5 Å². The van der Waals surface area contributed by atoms with Crippen molar-refractivity contribution in [2.24, 2.45) is 0 Å². The third-order valence-corrected chi connectivity index (χ3v) is 10.2. The lowest BCUT2D eigenvalue weighted by Crippen LogP contribution is -2.43. The van der Waals surface area contributed by atoms with Gasteiger partial charge in [0.25, 0.3) is 0 Å². The average Bonchev–Trinajstić information content (AvgIpc) is 3.28. The highest BCUT2D eigenvalue weighted by Gasteiger charge is 2.36. The van der Waals surface area contributed by atoms with Crippen molar-refractivity contribution in [3.05, 3.63) is 70.8 Å². The molecule has 3 heterocycles. The monoisotopic (exact) mass is 608 g/mol. The molecule has 1 saturated heterocycles. The van der Waals surface area contributed by atoms with Crippen LogP contribution in [0.4, 0.5) is 0 Å². The quantitative estimate of drug-likeness (QED) is 0.368. The Morgan fingerprint density at radius 3 is 2.60 bits per heavy atom. The Balaban J connectivity index is 1.16. The maximum absolute atomic E-state index is 11.8. The highest BCUT2D eigenvalue weighted by Crippen LogP contribution is 2.41. The van der Waals surface area contributed by atoms with E-state index in [2.05, 4.69) is 6.07 Å². The molecule has 43 heavy (non-hydrogen) atoms. The molecule has 9 nitrogen and oxygen atoms in total. The number of rotatable bonds is 8. The molecule has 1 atom stereocenters. The van der Waals surface area contributed by atoms with Crippen LogP contribution in [-0.4, -0.2) is 63.5 Å². The molecule has 0 unspecified atom stereocenters. The van der Waals surface area contributed by atoms with E-state index in [1.54, 1.807) is 0 Å². The molecule has 0 aromatic heterocycles. The van der Waals surface area contributed by atoms with Crippen LogP contribution in [0.25, 0.3) is 11.1 Å². The fraction of sp³-hybridized carbons (Fsp3) is 0.424. The minimum atomic E-state index is -3.08. The maximum Gasteiger partial charge on any atom is 0.306 e. The van der Waals surface area contributed by atoms with Gasteiger partial charge in [0, 0.05) is 29.5 Å². The van der Waals surface area contributed by atoms with Gasteiger partial charge < -0.3 is 28.8 Å². The molecular formula is C33H36O9S. The Bertz CT molecular complexity index is 1630. The van der Waals surface area contributed by atoms with Crippen LogP contribution in [0.1, 0.15) is 47.4 Å². The predicted molar refractivity (Wildman–Crippen MR) is 160 cm³/mol. The fourth-order valence-electron chi connectivity index (χ4n) is 6.00. The number of ether oxygens (including phenoxy) is 5. The van der Waals surface area contributed by atoms with Crippen LogP contribution >= 0.6 is 0 Å². The van der Waals surface area contributed by atoms with Crippen molar-refractivity contribution >= 4 is 15.8 Å². The van der Waals surface area contributed by atoms with E-state index < -0.39 is 15.4 Å². The number of hydrogen-bond donors (Lipinski definition) is 1. The minimum Gasteiger partial charge on any atom is -0.493 e. The van der Waals surface area contributed by atoms with Crippen molar-refractivity contribution in [2.75, 3.05) is 38.4 Å². The number of aryl methyl sites for hydroxylation is 1. The van der Waals surface area contributed by atoms with E-state index in [4.69, 9.17) is 23.7 Å². The van der Waals surface area contributed by atoms with Gasteiger partial charge in [-0.1, -0.05) is 12.1 Å². The molecule has 0 aliphatic carbocycles. The van der Waals surface area contributed by atoms with Crippen LogP contribution in [-0.2, 0) is 32.4 Å². The first-order valence-corrected chi connectivity index (χ1v) is 16.4. The number of aliphatic hydroxyl groups is 1. The molecule has 3 aliphatic rings. The lowest BCUT2D eigenvalue weighted by molar-refractivity contribution is -0.141. The zero-order valence-corrected chi connectivity index (χ0v) is 25.2. The molecular weight excluding hydrogens is 572 g/mol. The van der Waals surface area contributed by atoms with Gasteiger partial charge in [0.05, 0.1) is 38.3 Å². The third kappa shape index (κ3) is 6.45. The van der Waals surface area contributed by atoms with Crippen LogP contribution < -0.4 is 18.9 Å². The first-order valence-electron chi connectivity index (χ1n) is 14.5. The van der Waals surface area contributed by atoms with Gasteiger partial charge in [0.15, 0.2) is 9.84 Å². The topological polar surface area (TPSA) is 118 Å². The van der Waals surface area contributed by atoms with Crippen molar-refractivity contribution in [1.29, 1.82) is 0 Å². The van der Waals surface area contributed by atoms with E-state index in [-0.39, 0.29) is 49.3 Å². The fourth-order valence-corrected chi connectivity index (χ4v) is 7.58. The third-order valence-electron chi connectivity index (χ3n) is 8.51. The Labute approximate surface area is 251 Å². The van der Waals surface area contributed by atoms with E-state index >= 15 is 0 Å². The summed E-state index contributed by atoms with van der Waals surface area (Å²) in [5.74, 6) is 2.54. The molecule has 3 aromatic rings. The van der Waals surface area contributed by atoms with Crippen molar-refractivity contribution < 1.29 is 42.0 Å². The Hall–Kier alpha value is -3.76. The van der Waals surface area contributed by atoms with Crippen molar-refractivity contribution in [3.8, 4) is 34.1 Å². The molecule has 228 valence electrons. The summed E-state index contributed by atoms with van der Waals surface area (Å²) in [5, 5.41) is 10.9. The molecule has 0 bridgehead atoms. The molecule has 0 spiro atoms. The Morgan fingerprint density at radius 1 is 1.00 bits per heavy atom. The summed E-state index contributed by atoms with van der Waals surface area (Å²) < 4.78 is 52.5. The van der Waals surface area contributed by atoms with Crippen molar-refractivity contribution in [3.63, 3.8) is 0 Å². The highest BCUT2D eigenvalue weighted by molar-refractivity contribution is 7.91. The van der Waals surface area contributed by atoms with Crippen molar-refractivity contribution in [1.82, 2.24) is 0 Å². The van der Waals surface area contributed by atoms with Crippen LogP contribution in [0.2, 0.25) is 0 Å². The van der Waals surface area contributed by atoms with Gasteiger partial charge in [0.1, 0.15) is 41.8 Å². The largest absolute Gasteiger partial charge is 0.493 e. The van der Waals surface area contributed by atoms with Gasteiger partial charge in [0.2, 0.25) is 0 Å². The molecule has 0 radical (unpaired) electrons. The number of esters is 1. The second kappa shape index (κ2) is 11.7. The lowest BCUT2D eigenvalue weighted by atomic mass is 9.92. The standard InChI is InChI=1S/C33H36O9S/c1-21-13-26(42-20-33(35)8-11-43(36,37)12-9-33)15-23-7-10-39-29-6-3-22(14-28(29)32(21)23)18-40-25-4-5-27-24(16-31(34)38-2)19-41-30(27)17-25/h3-6,13-15,17,24,35H,7-12,16,18-20H2,1-2H3/t24-/m1/s1. The van der Waals surface area contributed by atoms with Gasteiger partial charge >= 0.3 is 5.97 Å². The van der Waals surface area contributed by atoms with E-state index in [1.807, 2.05) is 49.4 Å². The highest BCUT2D eigenvalue weighted by atomic mass is 32.2. The molecule has 3 aromatic carbocycles. The molecule has 0 amide bonds. The van der Waals surface area contributed by atoms with Crippen LogP contribution in [0, 0.1) is 6.92 Å². The normalized spacial score (nSPS) is 19.5. The average molecular weight is 609 g/mol. The molecule has 0 saturated carbocycles. The van der Waals surface area contributed by atoms with E-state index in [1.165, 1.54) is 7.11 Å². The summed E-state index contributed by atoms with van der Waals surface area (Å²) in [6, 6.07) is 15.7. The molecule has 1 N–H and O–H groups in total. The van der Waals surface area contributed by atoms with Gasteiger partial charge in [-0.2, -0.15) is 0 Å². The molecule has 10 heteroatoms. The summed E-state index contributed by atoms with van der Waals surface area (Å²) in [5.41, 5.74) is 5.00. The number of carbonyl (C=O) groups excluding carboxylic acids is 1. The molecule has 3 aliphatic heterocycles. The number of benzene rings is 3. The van der Waals surface area contributed by atoms with Crippen molar-refractivity contribution in [2.45, 2.75) is 50.7 Å². The van der Waals surface area contributed by atoms with E-state index in [0.29, 0.717) is 37.7 Å². The Kier molecular flexibility index (Phi) is 8.00. The smallest absolute Gasteiger partial charge is 0.306 e. The summed E-state index contributed by atoms with van der Waals surface area (Å²) in [7, 11) is -1.69. The zero-order chi connectivity index (χ0) is 30.2. The van der Waals surface area contributed by atoms with Gasteiger partial charge in [-0.05, 0) is 72.4 Å². The first-order chi connectivity index (χ1) is 20.6. The predicted octanol–water partition coefficient (Wildman–Crippen LogP) is 4.53. The number of hydrogen-bond acceptors (Lipinski definition) is 9. The maximum atomic E-state index is 11.8. The lowest BCUT2D eigenvalue weighted by Gasteiger charge is -2.31. The summed E-state index contributed by atoms with van der Waals surface area (Å²) in [6.45, 7) is 3.39. The number of carbonyl (C=O) groups is 1. The Morgan fingerprint density at radius 2 is 1.81 bits per heavy atom. The van der Waals surface area contributed by atoms with Gasteiger partial charge in [-0.3, -0.25) is 4.79 Å². The van der Waals surface area contributed by atoms with Crippen LogP contribution in [0.5, 0.6) is 23.0 Å². The summed E-state index contributed by atoms with van der Waals surface area (Å²) >= 11 is 0. The van der Waals surface area contributed by atoms with E-state index in [0.717, 1.165) is 44.9 Å². The number of fused-ring (bicyclic) bond motifs is 4. The SMILES string of the molecule is COC(=O)C[C@@H]1COc2cc(OCc3ccc4c(c3)-c3c(C)cc(OCC5(O)CCS(=O)(=O)CC5)cc3CCO4)ccc21. The second-order valence-electron chi connectivity index (χ2n) is 11.6. The zero-order valence-electron chi connectivity index (χ0n) is 24.4. The summed E-state index contributed by atoms with van der Waals surface area (Å²) in [6.07, 6.45) is 1.34. The van der Waals surface area contributed by atoms with Gasteiger partial charge in [-0.25, -0.2) is 8.42 Å². The second-order valence-corrected chi connectivity index (χ2v) is 13.9. The molecule has 6 rings (SSSR count). The minimum absolute atomic E-state index is 0.0198. The van der Waals surface area contributed by atoms with Crippen LogP contribution in [0.3, 0.4) is 0 Å². The van der Waals surface area contributed by atoms with E-state index in [9.17, 15) is 18.3 Å². The first kappa shape index (κ1) is 29.3. The number of sulfone groups is 1. The number of methoxy groups -OCH3 is 1. The van der Waals surface area contributed by atoms with Gasteiger partial charge in [-0.15, -0.1) is 0 Å². The summed E-state index contributed by atoms with van der Waals surface area (Å²) in [4.78, 5) is 11.7.